The summed E-state index contributed by atoms with van der Waals surface area (Å²) in [5.41, 5.74) is 3.67. The topological polar surface area (TPSA) is 24.3 Å². The first-order valence-electron chi connectivity index (χ1n) is 8.68. The van der Waals surface area contributed by atoms with Crippen molar-refractivity contribution in [3.05, 3.63) is 53.1 Å². The van der Waals surface area contributed by atoms with E-state index in [1.807, 2.05) is 24.0 Å². The van der Waals surface area contributed by atoms with Crippen molar-refractivity contribution >= 4 is 24.8 Å². The minimum atomic E-state index is -0.134. The number of aromatic nitrogens is 2. The van der Waals surface area contributed by atoms with Crippen LogP contribution in [-0.2, 0) is 13.6 Å². The van der Waals surface area contributed by atoms with Crippen molar-refractivity contribution in [2.45, 2.75) is 19.5 Å². The second-order valence-electron chi connectivity index (χ2n) is 7.44. The van der Waals surface area contributed by atoms with Gasteiger partial charge in [-0.1, -0.05) is 12.1 Å². The number of likely N-dealkylation sites (tertiary alicyclic amines) is 2. The Kier molecular flexibility index (Phi) is 6.72. The highest BCUT2D eigenvalue weighted by Gasteiger charge is 2.46. The van der Waals surface area contributed by atoms with Crippen LogP contribution in [0.1, 0.15) is 22.9 Å². The molecule has 0 bridgehead atoms. The lowest BCUT2D eigenvalue weighted by Crippen LogP contribution is -2.29. The second kappa shape index (κ2) is 8.26. The maximum Gasteiger partial charge on any atom is 0.123 e. The molecule has 2 saturated heterocycles. The molecule has 3 heterocycles. The lowest BCUT2D eigenvalue weighted by molar-refractivity contribution is 0.224. The summed E-state index contributed by atoms with van der Waals surface area (Å²) in [5.74, 6) is 1.11. The number of hydrogen-bond donors (Lipinski definition) is 0. The van der Waals surface area contributed by atoms with Crippen LogP contribution in [0.15, 0.2) is 30.5 Å². The molecule has 4 rings (SSSR count). The molecule has 1 aromatic carbocycles. The van der Waals surface area contributed by atoms with Gasteiger partial charge in [0.1, 0.15) is 5.82 Å². The summed E-state index contributed by atoms with van der Waals surface area (Å²) in [7, 11) is 4.16. The number of nitrogens with zero attached hydrogens (tertiary/aromatic N) is 4. The first kappa shape index (κ1) is 21.2. The van der Waals surface area contributed by atoms with Crippen LogP contribution in [0, 0.1) is 24.6 Å². The predicted molar refractivity (Wildman–Crippen MR) is 106 cm³/mol. The Morgan fingerprint density at radius 2 is 1.92 bits per heavy atom. The fourth-order valence-electron chi connectivity index (χ4n) is 4.61. The highest BCUT2D eigenvalue weighted by Crippen LogP contribution is 2.44. The smallest absolute Gasteiger partial charge is 0.123 e. The van der Waals surface area contributed by atoms with Crippen molar-refractivity contribution in [1.29, 1.82) is 0 Å². The molecule has 7 heteroatoms. The van der Waals surface area contributed by atoms with Gasteiger partial charge < -0.3 is 0 Å². The Bertz CT molecular complexity index is 751. The molecule has 144 valence electrons. The fraction of sp³-hybridized carbons (Fsp3) is 0.526. The van der Waals surface area contributed by atoms with E-state index in [1.165, 1.54) is 17.3 Å². The summed E-state index contributed by atoms with van der Waals surface area (Å²) in [5, 5.41) is 4.35. The van der Waals surface area contributed by atoms with Crippen molar-refractivity contribution < 1.29 is 4.39 Å². The van der Waals surface area contributed by atoms with Gasteiger partial charge in [-0.15, -0.1) is 24.8 Å². The Hall–Kier alpha value is -1.14. The van der Waals surface area contributed by atoms with E-state index in [4.69, 9.17) is 0 Å². The van der Waals surface area contributed by atoms with E-state index < -0.39 is 0 Å². The molecule has 0 unspecified atom stereocenters. The SMILES string of the molecule is Cc1c(CN2C[C@@H]3CN(C)[C@@H](c4cccc(F)c4)[C@@H]3C2)cnn1C.Cl.Cl. The summed E-state index contributed by atoms with van der Waals surface area (Å²) in [6.45, 7) is 6.38. The van der Waals surface area contributed by atoms with E-state index in [-0.39, 0.29) is 30.6 Å². The number of fused-ring (bicyclic) bond motifs is 1. The van der Waals surface area contributed by atoms with E-state index in [1.54, 1.807) is 6.07 Å². The minimum absolute atomic E-state index is 0. The Morgan fingerprint density at radius 1 is 1.15 bits per heavy atom. The van der Waals surface area contributed by atoms with Crippen molar-refractivity contribution in [1.82, 2.24) is 19.6 Å². The van der Waals surface area contributed by atoms with Gasteiger partial charge in [-0.25, -0.2) is 4.39 Å². The summed E-state index contributed by atoms with van der Waals surface area (Å²) in [4.78, 5) is 4.94. The third-order valence-electron chi connectivity index (χ3n) is 5.89. The lowest BCUT2D eigenvalue weighted by atomic mass is 9.89. The standard InChI is InChI=1S/C19H25FN4.2ClH/c1-13-15(8-21-23(13)3)10-24-11-16-9-22(2)19(18(16)12-24)14-5-4-6-17(20)7-14;;/h4-8,16,18-19H,9-12H2,1-3H3;2*1H/t16-,18+,19-;;/m0../s1. The number of rotatable bonds is 3. The van der Waals surface area contributed by atoms with Crippen LogP contribution >= 0.6 is 24.8 Å². The highest BCUT2D eigenvalue weighted by atomic mass is 35.5. The molecule has 1 aromatic heterocycles. The molecule has 2 aliphatic heterocycles. The third-order valence-corrected chi connectivity index (χ3v) is 5.89. The molecular weight excluding hydrogens is 374 g/mol. The molecule has 2 aliphatic rings. The van der Waals surface area contributed by atoms with Crippen LogP contribution < -0.4 is 0 Å². The second-order valence-corrected chi connectivity index (χ2v) is 7.44. The van der Waals surface area contributed by atoms with Crippen LogP contribution in [0.4, 0.5) is 4.39 Å². The van der Waals surface area contributed by atoms with Crippen molar-refractivity contribution in [2.75, 3.05) is 26.7 Å². The van der Waals surface area contributed by atoms with Crippen LogP contribution in [-0.4, -0.2) is 46.3 Å². The summed E-state index contributed by atoms with van der Waals surface area (Å²) >= 11 is 0. The van der Waals surface area contributed by atoms with Gasteiger partial charge in [-0.2, -0.15) is 5.10 Å². The molecule has 0 amide bonds. The van der Waals surface area contributed by atoms with Crippen molar-refractivity contribution in [2.24, 2.45) is 18.9 Å². The number of halogens is 3. The molecule has 2 fully saturated rings. The molecule has 0 saturated carbocycles. The lowest BCUT2D eigenvalue weighted by Gasteiger charge is -2.26. The van der Waals surface area contributed by atoms with Gasteiger partial charge in [0.2, 0.25) is 0 Å². The first-order chi connectivity index (χ1) is 11.5. The van der Waals surface area contributed by atoms with Crippen molar-refractivity contribution in [3.8, 4) is 0 Å². The normalized spacial score (nSPS) is 25.6. The van der Waals surface area contributed by atoms with Crippen LogP contribution in [0.5, 0.6) is 0 Å². The third kappa shape index (κ3) is 3.77. The summed E-state index contributed by atoms with van der Waals surface area (Å²) in [6, 6.07) is 7.46. The van der Waals surface area contributed by atoms with Gasteiger partial charge in [-0.3, -0.25) is 14.5 Å². The Balaban J connectivity index is 0.00000121. The molecule has 0 radical (unpaired) electrons. The average molecular weight is 401 g/mol. The van der Waals surface area contributed by atoms with Gasteiger partial charge in [0.25, 0.3) is 0 Å². The maximum absolute atomic E-state index is 13.7. The van der Waals surface area contributed by atoms with Crippen LogP contribution in [0.2, 0.25) is 0 Å². The molecule has 3 atom stereocenters. The first-order valence-corrected chi connectivity index (χ1v) is 8.68. The number of aryl methyl sites for hydroxylation is 1. The van der Waals surface area contributed by atoms with Crippen molar-refractivity contribution in [3.63, 3.8) is 0 Å². The average Bonchev–Trinajstić information content (AvgIpc) is 3.15. The molecule has 26 heavy (non-hydrogen) atoms. The monoisotopic (exact) mass is 400 g/mol. The van der Waals surface area contributed by atoms with E-state index in [0.717, 1.165) is 31.7 Å². The van der Waals surface area contributed by atoms with Crippen LogP contribution in [0.3, 0.4) is 0 Å². The van der Waals surface area contributed by atoms with Gasteiger partial charge in [0.15, 0.2) is 0 Å². The zero-order valence-electron chi connectivity index (χ0n) is 15.4. The quantitative estimate of drug-likeness (QED) is 0.788. The molecule has 0 N–H and O–H groups in total. The highest BCUT2D eigenvalue weighted by molar-refractivity contribution is 5.85. The van der Waals surface area contributed by atoms with E-state index in [2.05, 4.69) is 34.9 Å². The molecule has 2 aromatic rings. The van der Waals surface area contributed by atoms with Gasteiger partial charge >= 0.3 is 0 Å². The summed E-state index contributed by atoms with van der Waals surface area (Å²) < 4.78 is 15.6. The zero-order valence-corrected chi connectivity index (χ0v) is 17.1. The molecule has 4 nitrogen and oxygen atoms in total. The molecule has 0 spiro atoms. The summed E-state index contributed by atoms with van der Waals surface area (Å²) in [6.07, 6.45) is 1.99. The van der Waals surface area contributed by atoms with Gasteiger partial charge in [-0.05, 0) is 43.5 Å². The van der Waals surface area contributed by atoms with E-state index in [9.17, 15) is 4.39 Å². The maximum atomic E-state index is 13.7. The number of hydrogen-bond acceptors (Lipinski definition) is 3. The Morgan fingerprint density at radius 3 is 2.58 bits per heavy atom. The minimum Gasteiger partial charge on any atom is -0.299 e. The fourth-order valence-corrected chi connectivity index (χ4v) is 4.61. The number of benzene rings is 1. The van der Waals surface area contributed by atoms with Crippen LogP contribution in [0.25, 0.3) is 0 Å². The largest absolute Gasteiger partial charge is 0.299 e. The van der Waals surface area contributed by atoms with E-state index >= 15 is 0 Å². The predicted octanol–water partition coefficient (Wildman–Crippen LogP) is 3.45. The molecule has 0 aliphatic carbocycles. The zero-order chi connectivity index (χ0) is 16.8. The van der Waals surface area contributed by atoms with Gasteiger partial charge in [0, 0.05) is 50.5 Å². The van der Waals surface area contributed by atoms with E-state index in [0.29, 0.717) is 17.9 Å². The Labute approximate surface area is 167 Å². The molecular formula is C19H27Cl2FN4. The van der Waals surface area contributed by atoms with Gasteiger partial charge in [0.05, 0.1) is 6.20 Å².